The second-order valence-electron chi connectivity index (χ2n) is 4.56. The first-order valence-corrected chi connectivity index (χ1v) is 7.89. The second-order valence-corrected chi connectivity index (χ2v) is 5.54. The van der Waals surface area contributed by atoms with Gasteiger partial charge in [0.25, 0.3) is 11.7 Å². The van der Waals surface area contributed by atoms with Crippen molar-refractivity contribution in [3.05, 3.63) is 48.2 Å². The van der Waals surface area contributed by atoms with Crippen LogP contribution in [0, 0.1) is 0 Å². The Balaban J connectivity index is 1.97. The van der Waals surface area contributed by atoms with E-state index in [1.165, 1.54) is 25.4 Å². The number of nitrogens with zero attached hydrogens (tertiary/aromatic N) is 1. The van der Waals surface area contributed by atoms with E-state index in [1.807, 2.05) is 0 Å². The number of para-hydroxylation sites is 2. The highest BCUT2D eigenvalue weighted by molar-refractivity contribution is 7.99. The van der Waals surface area contributed by atoms with Gasteiger partial charge in [0.1, 0.15) is 10.8 Å². The fourth-order valence-electron chi connectivity index (χ4n) is 1.87. The normalized spacial score (nSPS) is 10.4. The first kappa shape index (κ1) is 18.7. The van der Waals surface area contributed by atoms with Gasteiger partial charge in [0.05, 0.1) is 18.4 Å². The number of nitrogens with one attached hydrogen (secondary N) is 1. The molecule has 0 radical (unpaired) electrons. The van der Waals surface area contributed by atoms with Gasteiger partial charge in [0, 0.05) is 6.20 Å². The van der Waals surface area contributed by atoms with E-state index in [-0.39, 0.29) is 22.4 Å². The molecule has 0 unspecified atom stereocenters. The number of aromatic nitrogens is 1. The Morgan fingerprint density at radius 3 is 2.72 bits per heavy atom. The molecule has 6 nitrogen and oxygen atoms in total. The minimum Gasteiger partial charge on any atom is -0.495 e. The third-order valence-corrected chi connectivity index (χ3v) is 3.63. The number of hydrogen-bond donors (Lipinski definition) is 1. The van der Waals surface area contributed by atoms with E-state index in [0.717, 1.165) is 0 Å². The summed E-state index contributed by atoms with van der Waals surface area (Å²) in [7, 11) is 1.45. The van der Waals surface area contributed by atoms with E-state index < -0.39 is 24.2 Å². The Morgan fingerprint density at radius 1 is 1.24 bits per heavy atom. The van der Waals surface area contributed by atoms with Crippen LogP contribution in [-0.4, -0.2) is 36.3 Å². The highest BCUT2D eigenvalue weighted by atomic mass is 32.2. The molecule has 0 bridgehead atoms. The van der Waals surface area contributed by atoms with E-state index in [2.05, 4.69) is 10.3 Å². The average molecular weight is 368 g/mol. The third kappa shape index (κ3) is 5.42. The molecule has 1 N–H and O–H groups in total. The topological polar surface area (TPSA) is 77.5 Å². The largest absolute Gasteiger partial charge is 0.495 e. The van der Waals surface area contributed by atoms with Crippen LogP contribution in [0.3, 0.4) is 0 Å². The molecule has 0 fully saturated rings. The van der Waals surface area contributed by atoms with Crippen molar-refractivity contribution in [3.63, 3.8) is 0 Å². The number of rotatable bonds is 7. The monoisotopic (exact) mass is 368 g/mol. The van der Waals surface area contributed by atoms with Crippen molar-refractivity contribution in [1.82, 2.24) is 4.98 Å². The van der Waals surface area contributed by atoms with Crippen LogP contribution in [0.25, 0.3) is 0 Å². The summed E-state index contributed by atoms with van der Waals surface area (Å²) in [5, 5.41) is 2.37. The van der Waals surface area contributed by atoms with E-state index in [0.29, 0.717) is 11.4 Å². The van der Waals surface area contributed by atoms with Crippen molar-refractivity contribution in [1.29, 1.82) is 0 Å². The molecule has 2 aromatic rings. The first-order chi connectivity index (χ1) is 12.0. The molecule has 0 saturated carbocycles. The Kier molecular flexibility index (Phi) is 6.70. The number of anilines is 1. The number of carbonyl (C=O) groups is 2. The minimum absolute atomic E-state index is 0.127. The molecule has 1 aromatic heterocycles. The molecule has 132 valence electrons. The maximum atomic E-state index is 12.5. The van der Waals surface area contributed by atoms with Gasteiger partial charge < -0.3 is 14.8 Å². The summed E-state index contributed by atoms with van der Waals surface area (Å²) < 4.78 is 34.9. The maximum Gasteiger partial charge on any atom is 0.341 e. The number of methoxy groups -OCH3 is 1. The van der Waals surface area contributed by atoms with Gasteiger partial charge in [-0.25, -0.2) is 9.78 Å². The van der Waals surface area contributed by atoms with Gasteiger partial charge >= 0.3 is 5.97 Å². The van der Waals surface area contributed by atoms with Crippen LogP contribution in [0.15, 0.2) is 47.6 Å². The summed E-state index contributed by atoms with van der Waals surface area (Å²) in [4.78, 5) is 27.6. The average Bonchev–Trinajstić information content (AvgIpc) is 2.60. The smallest absolute Gasteiger partial charge is 0.341 e. The summed E-state index contributed by atoms with van der Waals surface area (Å²) >= 11 is 0.133. The highest BCUT2D eigenvalue weighted by Crippen LogP contribution is 2.27. The number of esters is 1. The van der Waals surface area contributed by atoms with Gasteiger partial charge in [-0.2, -0.15) is 8.78 Å². The molecule has 1 heterocycles. The fraction of sp³-hybridized carbons (Fsp3) is 0.188. The molecule has 1 amide bonds. The number of alkyl halides is 2. The predicted octanol–water partition coefficient (Wildman–Crippen LogP) is 3.20. The van der Waals surface area contributed by atoms with Gasteiger partial charge in [0.2, 0.25) is 0 Å². The van der Waals surface area contributed by atoms with Crippen LogP contribution in [-0.2, 0) is 9.53 Å². The van der Waals surface area contributed by atoms with Crippen LogP contribution in [0.5, 0.6) is 5.75 Å². The van der Waals surface area contributed by atoms with Crippen molar-refractivity contribution in [2.45, 2.75) is 10.8 Å². The molecular weight excluding hydrogens is 354 g/mol. The zero-order chi connectivity index (χ0) is 18.2. The molecule has 9 heteroatoms. The lowest BCUT2D eigenvalue weighted by molar-refractivity contribution is -0.119. The van der Waals surface area contributed by atoms with E-state index in [1.54, 1.807) is 24.3 Å². The number of amides is 1. The Hall–Kier alpha value is -2.68. The lowest BCUT2D eigenvalue weighted by Gasteiger charge is -2.11. The standard InChI is InChI=1S/C16H14F2N2O4S/c1-23-12-7-3-2-6-11(12)20-13(21)9-24-15(22)10-5-4-8-19-14(10)25-16(17)18/h2-8,16H,9H2,1H3,(H,20,21). The highest BCUT2D eigenvalue weighted by Gasteiger charge is 2.19. The SMILES string of the molecule is COc1ccccc1NC(=O)COC(=O)c1cccnc1SC(F)F. The van der Waals surface area contributed by atoms with Crippen molar-refractivity contribution in [2.75, 3.05) is 19.0 Å². The number of thioether (sulfide) groups is 1. The molecule has 0 aliphatic rings. The molecule has 0 atom stereocenters. The summed E-state index contributed by atoms with van der Waals surface area (Å²) in [5.41, 5.74) is 0.291. The van der Waals surface area contributed by atoms with Gasteiger partial charge in [-0.15, -0.1) is 0 Å². The van der Waals surface area contributed by atoms with Gasteiger partial charge in [-0.05, 0) is 36.0 Å². The summed E-state index contributed by atoms with van der Waals surface area (Å²) in [6.45, 7) is -0.579. The van der Waals surface area contributed by atoms with Crippen LogP contribution in [0.1, 0.15) is 10.4 Å². The molecule has 0 spiro atoms. The van der Waals surface area contributed by atoms with Gasteiger partial charge in [-0.1, -0.05) is 12.1 Å². The predicted molar refractivity (Wildman–Crippen MR) is 88.0 cm³/mol. The number of benzene rings is 1. The van der Waals surface area contributed by atoms with Crippen molar-refractivity contribution < 1.29 is 27.8 Å². The zero-order valence-electron chi connectivity index (χ0n) is 13.1. The van der Waals surface area contributed by atoms with Crippen molar-refractivity contribution in [2.24, 2.45) is 0 Å². The van der Waals surface area contributed by atoms with E-state index in [4.69, 9.17) is 9.47 Å². The zero-order valence-corrected chi connectivity index (χ0v) is 13.9. The van der Waals surface area contributed by atoms with Crippen LogP contribution in [0.2, 0.25) is 0 Å². The summed E-state index contributed by atoms with van der Waals surface area (Å²) in [6.07, 6.45) is 1.29. The van der Waals surface area contributed by atoms with Gasteiger partial charge in [-0.3, -0.25) is 4.79 Å². The first-order valence-electron chi connectivity index (χ1n) is 7.01. The lowest BCUT2D eigenvalue weighted by atomic mass is 10.3. The molecule has 0 aliphatic carbocycles. The molecule has 0 aliphatic heterocycles. The number of halogens is 2. The molecular formula is C16H14F2N2O4S. The maximum absolute atomic E-state index is 12.5. The molecule has 2 rings (SSSR count). The summed E-state index contributed by atoms with van der Waals surface area (Å²) in [6, 6.07) is 9.44. The van der Waals surface area contributed by atoms with Crippen molar-refractivity contribution in [3.8, 4) is 5.75 Å². The minimum atomic E-state index is -2.73. The van der Waals surface area contributed by atoms with Crippen LogP contribution < -0.4 is 10.1 Å². The number of hydrogen-bond acceptors (Lipinski definition) is 6. The van der Waals surface area contributed by atoms with E-state index >= 15 is 0 Å². The molecule has 0 saturated heterocycles. The molecule has 25 heavy (non-hydrogen) atoms. The number of pyridine rings is 1. The summed E-state index contributed by atoms with van der Waals surface area (Å²) in [5.74, 6) is -3.78. The lowest BCUT2D eigenvalue weighted by Crippen LogP contribution is -2.21. The number of ether oxygens (including phenoxy) is 2. The Labute approximate surface area is 146 Å². The Bertz CT molecular complexity index is 758. The second kappa shape index (κ2) is 8.97. The fourth-order valence-corrected chi connectivity index (χ4v) is 2.44. The molecule has 1 aromatic carbocycles. The van der Waals surface area contributed by atoms with Crippen LogP contribution in [0.4, 0.5) is 14.5 Å². The quantitative estimate of drug-likeness (QED) is 0.597. The number of carbonyl (C=O) groups excluding carboxylic acids is 2. The van der Waals surface area contributed by atoms with E-state index in [9.17, 15) is 18.4 Å². The van der Waals surface area contributed by atoms with Gasteiger partial charge in [0.15, 0.2) is 6.61 Å². The van der Waals surface area contributed by atoms with Crippen molar-refractivity contribution >= 4 is 29.3 Å². The third-order valence-electron chi connectivity index (χ3n) is 2.91. The van der Waals surface area contributed by atoms with Crippen LogP contribution >= 0.6 is 11.8 Å². The Morgan fingerprint density at radius 2 is 2.00 bits per heavy atom.